The lowest BCUT2D eigenvalue weighted by Gasteiger charge is -2.03. The van der Waals surface area contributed by atoms with Gasteiger partial charge < -0.3 is 10.1 Å². The smallest absolute Gasteiger partial charge is 0.333 e. The predicted molar refractivity (Wildman–Crippen MR) is 61.6 cm³/mol. The van der Waals surface area contributed by atoms with Crippen molar-refractivity contribution < 1.29 is 9.90 Å². The second-order valence-electron chi connectivity index (χ2n) is 3.68. The normalized spacial score (nSPS) is 11.9. The maximum Gasteiger partial charge on any atom is 0.333 e. The van der Waals surface area contributed by atoms with Crippen LogP contribution >= 0.6 is 0 Å². The van der Waals surface area contributed by atoms with Crippen molar-refractivity contribution in [1.82, 2.24) is 10.4 Å². The number of fused-ring (bicyclic) bond motifs is 1. The number of nitrogens with zero attached hydrogens (tertiary/aromatic N) is 2. The standard InChI is InChI=1S/C11H10N4O2/c12-15-14-10(11(16)17)5-7-6-13-9-4-2-1-3-8(7)9/h1-4,6,10,13-14H,5H2/p+1. The number of carboxylic acid groups (broad SMARTS) is 1. The Balaban J connectivity index is 2.28. The number of aromatic amines is 1. The van der Waals surface area contributed by atoms with Crippen molar-refractivity contribution >= 4 is 16.9 Å². The summed E-state index contributed by atoms with van der Waals surface area (Å²) in [7, 11) is 0. The third-order valence-electron chi connectivity index (χ3n) is 2.61. The van der Waals surface area contributed by atoms with Crippen LogP contribution in [0.15, 0.2) is 30.5 Å². The molecule has 2 rings (SSSR count). The van der Waals surface area contributed by atoms with E-state index in [0.717, 1.165) is 16.5 Å². The summed E-state index contributed by atoms with van der Waals surface area (Å²) in [5, 5.41) is 20.9. The van der Waals surface area contributed by atoms with E-state index in [1.54, 1.807) is 6.20 Å². The zero-order valence-electron chi connectivity index (χ0n) is 8.92. The van der Waals surface area contributed by atoms with Crippen LogP contribution in [0.2, 0.25) is 0 Å². The molecule has 0 radical (unpaired) electrons. The number of diazo groups is 1. The molecule has 0 fully saturated rings. The Bertz CT molecular complexity index is 584. The topological polar surface area (TPSA) is 93.3 Å². The molecule has 0 saturated heterocycles. The van der Waals surface area contributed by atoms with Crippen molar-refractivity contribution in [3.63, 3.8) is 0 Å². The number of carbonyl (C=O) groups is 1. The van der Waals surface area contributed by atoms with Gasteiger partial charge in [-0.2, -0.15) is 0 Å². The molecular weight excluding hydrogens is 220 g/mol. The fourth-order valence-corrected chi connectivity index (χ4v) is 1.78. The highest BCUT2D eigenvalue weighted by atomic mass is 16.4. The number of hydrogen-bond donors (Lipinski definition) is 3. The largest absolute Gasteiger partial charge is 0.480 e. The van der Waals surface area contributed by atoms with E-state index in [1.807, 2.05) is 24.3 Å². The lowest BCUT2D eigenvalue weighted by atomic mass is 10.1. The Labute approximate surface area is 96.9 Å². The highest BCUT2D eigenvalue weighted by Crippen LogP contribution is 2.19. The molecule has 1 atom stereocenters. The molecule has 0 aliphatic carbocycles. The van der Waals surface area contributed by atoms with Gasteiger partial charge in [-0.1, -0.05) is 18.2 Å². The predicted octanol–water partition coefficient (Wildman–Crippen LogP) is 1.52. The van der Waals surface area contributed by atoms with E-state index in [1.165, 1.54) is 0 Å². The minimum atomic E-state index is -1.06. The van der Waals surface area contributed by atoms with Gasteiger partial charge in [0.2, 0.25) is 6.04 Å². The first-order valence-electron chi connectivity index (χ1n) is 5.10. The average molecular weight is 231 g/mol. The number of carboxylic acids is 1. The molecule has 17 heavy (non-hydrogen) atoms. The number of nitrogens with one attached hydrogen (secondary N) is 2. The maximum absolute atomic E-state index is 10.9. The summed E-state index contributed by atoms with van der Waals surface area (Å²) in [4.78, 5) is 14.0. The van der Waals surface area contributed by atoms with Gasteiger partial charge in [-0.3, -0.25) is 0 Å². The number of aromatic nitrogens is 1. The molecule has 2 aromatic rings. The molecule has 0 spiro atoms. The molecule has 0 amide bonds. The molecule has 0 saturated carbocycles. The van der Waals surface area contributed by atoms with Crippen LogP contribution in [-0.4, -0.2) is 22.1 Å². The van der Waals surface area contributed by atoms with Crippen molar-refractivity contribution in [3.8, 4) is 0 Å². The molecule has 1 aromatic carbocycles. The average Bonchev–Trinajstić information content (AvgIpc) is 2.72. The molecule has 0 aliphatic heterocycles. The molecule has 3 N–H and O–H groups in total. The van der Waals surface area contributed by atoms with E-state index in [4.69, 9.17) is 10.5 Å². The Morgan fingerprint density at radius 1 is 1.53 bits per heavy atom. The van der Waals surface area contributed by atoms with Gasteiger partial charge in [-0.25, -0.2) is 4.79 Å². The fourth-order valence-electron chi connectivity index (χ4n) is 1.78. The summed E-state index contributed by atoms with van der Waals surface area (Å²) in [5.74, 6) is -1.06. The van der Waals surface area contributed by atoms with Gasteiger partial charge in [0, 0.05) is 23.5 Å². The Kier molecular flexibility index (Phi) is 2.92. The third-order valence-corrected chi connectivity index (χ3v) is 2.61. The summed E-state index contributed by atoms with van der Waals surface area (Å²) in [6, 6.07) is 6.67. The molecule has 1 unspecified atom stereocenters. The van der Waals surface area contributed by atoms with Crippen molar-refractivity contribution in [3.05, 3.63) is 41.1 Å². The molecule has 0 aliphatic rings. The molecule has 6 nitrogen and oxygen atoms in total. The van der Waals surface area contributed by atoms with E-state index in [9.17, 15) is 4.79 Å². The summed E-state index contributed by atoms with van der Waals surface area (Å²) in [6.07, 6.45) is 2.00. The highest BCUT2D eigenvalue weighted by molar-refractivity contribution is 5.84. The molecule has 6 heteroatoms. The van der Waals surface area contributed by atoms with Gasteiger partial charge in [0.1, 0.15) is 0 Å². The number of para-hydroxylation sites is 1. The zero-order chi connectivity index (χ0) is 12.3. The first-order chi connectivity index (χ1) is 8.22. The summed E-state index contributed by atoms with van der Waals surface area (Å²) >= 11 is 0. The highest BCUT2D eigenvalue weighted by Gasteiger charge is 2.23. The SMILES string of the molecule is N#[N+]NC(Cc1c[nH]c2ccccc12)C(=O)O. The Morgan fingerprint density at radius 2 is 2.29 bits per heavy atom. The molecule has 86 valence electrons. The van der Waals surface area contributed by atoms with Crippen LogP contribution in [0.3, 0.4) is 0 Å². The molecular formula is C11H11N4O2+. The van der Waals surface area contributed by atoms with E-state index in [2.05, 4.69) is 15.5 Å². The Morgan fingerprint density at radius 3 is 3.00 bits per heavy atom. The van der Waals surface area contributed by atoms with Crippen LogP contribution in [0.5, 0.6) is 0 Å². The van der Waals surface area contributed by atoms with Crippen molar-refractivity contribution in [1.29, 1.82) is 5.39 Å². The zero-order valence-corrected chi connectivity index (χ0v) is 8.92. The summed E-state index contributed by atoms with van der Waals surface area (Å²) < 4.78 is 0. The van der Waals surface area contributed by atoms with Crippen molar-refractivity contribution in [2.24, 2.45) is 0 Å². The third kappa shape index (κ3) is 2.18. The van der Waals surface area contributed by atoms with E-state index >= 15 is 0 Å². The second kappa shape index (κ2) is 4.53. The fraction of sp³-hybridized carbons (Fsp3) is 0.182. The first kappa shape index (κ1) is 11.0. The van der Waals surface area contributed by atoms with Gasteiger partial charge in [0.15, 0.2) is 0 Å². The first-order valence-corrected chi connectivity index (χ1v) is 5.10. The number of rotatable bonds is 4. The minimum absolute atomic E-state index is 0.239. The molecule has 1 aromatic heterocycles. The quantitative estimate of drug-likeness (QED) is 0.549. The van der Waals surface area contributed by atoms with Gasteiger partial charge in [-0.15, -0.1) is 0 Å². The van der Waals surface area contributed by atoms with Crippen molar-refractivity contribution in [2.75, 3.05) is 0 Å². The van der Waals surface area contributed by atoms with E-state index in [-0.39, 0.29) is 6.42 Å². The van der Waals surface area contributed by atoms with Crippen LogP contribution in [0.25, 0.3) is 16.0 Å². The van der Waals surface area contributed by atoms with Crippen LogP contribution in [0, 0.1) is 5.39 Å². The van der Waals surface area contributed by atoms with Gasteiger partial charge in [0.25, 0.3) is 5.39 Å². The van der Waals surface area contributed by atoms with Crippen LogP contribution in [0.4, 0.5) is 0 Å². The second-order valence-corrected chi connectivity index (χ2v) is 3.68. The lowest BCUT2D eigenvalue weighted by Crippen LogP contribution is -2.34. The van der Waals surface area contributed by atoms with E-state index < -0.39 is 12.0 Å². The number of hydrogen-bond acceptors (Lipinski definition) is 3. The summed E-state index contributed by atoms with van der Waals surface area (Å²) in [6.45, 7) is 0. The van der Waals surface area contributed by atoms with Crippen molar-refractivity contribution in [2.45, 2.75) is 12.5 Å². The van der Waals surface area contributed by atoms with Gasteiger partial charge >= 0.3 is 11.1 Å². The number of aliphatic carboxylic acids is 1. The van der Waals surface area contributed by atoms with Crippen LogP contribution in [-0.2, 0) is 11.2 Å². The monoisotopic (exact) mass is 231 g/mol. The molecule has 1 heterocycles. The van der Waals surface area contributed by atoms with Gasteiger partial charge in [-0.05, 0) is 17.1 Å². The van der Waals surface area contributed by atoms with Crippen LogP contribution in [0.1, 0.15) is 5.56 Å². The van der Waals surface area contributed by atoms with Gasteiger partial charge in [0.05, 0.1) is 0 Å². The maximum atomic E-state index is 10.9. The minimum Gasteiger partial charge on any atom is -0.480 e. The summed E-state index contributed by atoms with van der Waals surface area (Å²) in [5.41, 5.74) is 3.97. The number of benzene rings is 1. The number of H-pyrrole nitrogens is 1. The van der Waals surface area contributed by atoms with E-state index in [0.29, 0.717) is 0 Å². The molecule has 0 bridgehead atoms. The Hall–Kier alpha value is -2.55. The lowest BCUT2D eigenvalue weighted by molar-refractivity contribution is -0.139. The van der Waals surface area contributed by atoms with Crippen LogP contribution < -0.4 is 5.43 Å².